The number of carbonyl (C=O) groups is 1. The van der Waals surface area contributed by atoms with Crippen LogP contribution >= 0.6 is 12.2 Å². The summed E-state index contributed by atoms with van der Waals surface area (Å²) in [4.78, 5) is 14.9. The zero-order chi connectivity index (χ0) is 13.8. The quantitative estimate of drug-likeness (QED) is 0.684. The van der Waals surface area contributed by atoms with E-state index in [0.29, 0.717) is 18.1 Å². The van der Waals surface area contributed by atoms with Crippen molar-refractivity contribution in [2.75, 3.05) is 20.3 Å². The number of carbonyl (C=O) groups excluding carboxylic acids is 1. The molecule has 104 valence electrons. The molecular formula is C13H24N2O2S. The van der Waals surface area contributed by atoms with Crippen molar-refractivity contribution in [3.8, 4) is 0 Å². The van der Waals surface area contributed by atoms with Crippen molar-refractivity contribution in [3.05, 3.63) is 0 Å². The topological polar surface area (TPSA) is 55.6 Å². The number of amides is 1. The molecule has 1 fully saturated rings. The number of rotatable bonds is 8. The lowest BCUT2D eigenvalue weighted by Gasteiger charge is -2.33. The summed E-state index contributed by atoms with van der Waals surface area (Å²) in [5.74, 6) is 0.0979. The van der Waals surface area contributed by atoms with Gasteiger partial charge in [0.2, 0.25) is 5.91 Å². The molecule has 0 bridgehead atoms. The van der Waals surface area contributed by atoms with Gasteiger partial charge in [0.15, 0.2) is 0 Å². The van der Waals surface area contributed by atoms with Crippen molar-refractivity contribution in [2.24, 2.45) is 11.1 Å². The van der Waals surface area contributed by atoms with Crippen LogP contribution in [-0.4, -0.2) is 42.1 Å². The second kappa shape index (κ2) is 6.48. The summed E-state index contributed by atoms with van der Waals surface area (Å²) in [5.41, 5.74) is 5.19. The monoisotopic (exact) mass is 272 g/mol. The third-order valence-electron chi connectivity index (χ3n) is 3.81. The number of nitrogens with zero attached hydrogens (tertiary/aromatic N) is 1. The Balaban J connectivity index is 2.82. The highest BCUT2D eigenvalue weighted by molar-refractivity contribution is 7.80. The van der Waals surface area contributed by atoms with Gasteiger partial charge < -0.3 is 15.4 Å². The van der Waals surface area contributed by atoms with Crippen molar-refractivity contribution in [1.82, 2.24) is 4.90 Å². The van der Waals surface area contributed by atoms with Crippen LogP contribution in [0.25, 0.3) is 0 Å². The zero-order valence-corrected chi connectivity index (χ0v) is 12.4. The Hall–Kier alpha value is -0.680. The van der Waals surface area contributed by atoms with Crippen molar-refractivity contribution in [2.45, 2.75) is 45.6 Å². The van der Waals surface area contributed by atoms with E-state index in [0.717, 1.165) is 25.7 Å². The number of methoxy groups -OCH3 is 1. The van der Waals surface area contributed by atoms with Crippen molar-refractivity contribution >= 4 is 23.1 Å². The van der Waals surface area contributed by atoms with E-state index in [1.165, 1.54) is 0 Å². The molecule has 1 aliphatic rings. The van der Waals surface area contributed by atoms with Gasteiger partial charge in [-0.2, -0.15) is 0 Å². The number of hydrogen-bond acceptors (Lipinski definition) is 3. The predicted molar refractivity (Wildman–Crippen MR) is 76.4 cm³/mol. The Kier molecular flexibility index (Phi) is 5.53. The van der Waals surface area contributed by atoms with Gasteiger partial charge in [0.1, 0.15) is 0 Å². The normalized spacial score (nSPS) is 16.7. The molecule has 0 unspecified atom stereocenters. The number of ether oxygens (including phenoxy) is 1. The second-order valence-electron chi connectivity index (χ2n) is 4.91. The Morgan fingerprint density at radius 1 is 1.44 bits per heavy atom. The predicted octanol–water partition coefficient (Wildman–Crippen LogP) is 1.72. The van der Waals surface area contributed by atoms with E-state index in [9.17, 15) is 4.79 Å². The van der Waals surface area contributed by atoms with Crippen LogP contribution in [0.1, 0.15) is 39.5 Å². The Morgan fingerprint density at radius 3 is 2.33 bits per heavy atom. The van der Waals surface area contributed by atoms with Gasteiger partial charge in [-0.25, -0.2) is 0 Å². The first-order valence-corrected chi connectivity index (χ1v) is 7.04. The Bertz CT molecular complexity index is 312. The number of nitrogens with two attached hydrogens (primary N) is 1. The lowest BCUT2D eigenvalue weighted by molar-refractivity contribution is -0.137. The van der Waals surface area contributed by atoms with Gasteiger partial charge in [-0.1, -0.05) is 26.1 Å². The average Bonchev–Trinajstić information content (AvgIpc) is 3.15. The maximum absolute atomic E-state index is 12.6. The molecule has 1 aliphatic carbocycles. The summed E-state index contributed by atoms with van der Waals surface area (Å²) in [6, 6.07) is 0.250. The molecule has 0 saturated heterocycles. The van der Waals surface area contributed by atoms with E-state index >= 15 is 0 Å². The lowest BCUT2D eigenvalue weighted by atomic mass is 10.0. The first-order chi connectivity index (χ1) is 8.53. The first kappa shape index (κ1) is 15.4. The van der Waals surface area contributed by atoms with E-state index < -0.39 is 5.41 Å². The highest BCUT2D eigenvalue weighted by Gasteiger charge is 2.54. The summed E-state index contributed by atoms with van der Waals surface area (Å²) < 4.78 is 5.10. The largest absolute Gasteiger partial charge is 0.392 e. The second-order valence-corrected chi connectivity index (χ2v) is 5.35. The lowest BCUT2D eigenvalue weighted by Crippen LogP contribution is -2.48. The maximum atomic E-state index is 12.6. The maximum Gasteiger partial charge on any atom is 0.235 e. The van der Waals surface area contributed by atoms with E-state index in [2.05, 4.69) is 13.8 Å². The summed E-state index contributed by atoms with van der Waals surface area (Å²) in [6.45, 7) is 5.37. The van der Waals surface area contributed by atoms with Gasteiger partial charge in [0.25, 0.3) is 0 Å². The molecule has 0 aromatic carbocycles. The summed E-state index contributed by atoms with van der Waals surface area (Å²) >= 11 is 5.06. The molecule has 0 heterocycles. The van der Waals surface area contributed by atoms with Crippen LogP contribution < -0.4 is 5.73 Å². The molecule has 1 saturated carbocycles. The molecule has 0 atom stereocenters. The van der Waals surface area contributed by atoms with Crippen LogP contribution in [0.3, 0.4) is 0 Å². The fourth-order valence-corrected chi connectivity index (χ4v) is 2.63. The minimum Gasteiger partial charge on any atom is -0.392 e. The number of hydrogen-bond donors (Lipinski definition) is 1. The molecule has 1 amide bonds. The van der Waals surface area contributed by atoms with Gasteiger partial charge >= 0.3 is 0 Å². The SMILES string of the molecule is CCC(CC)N(CCOC)C(=O)C1(C(N)=S)CC1. The van der Waals surface area contributed by atoms with E-state index in [1.807, 2.05) is 4.90 Å². The molecule has 2 N–H and O–H groups in total. The standard InChI is InChI=1S/C13H24N2O2S/c1-4-10(5-2)15(8-9-17-3)12(16)13(6-7-13)11(14)18/h10H,4-9H2,1-3H3,(H2,14,18). The smallest absolute Gasteiger partial charge is 0.235 e. The van der Waals surface area contributed by atoms with E-state index in [4.69, 9.17) is 22.7 Å². The minimum atomic E-state index is -0.550. The summed E-state index contributed by atoms with van der Waals surface area (Å²) in [6.07, 6.45) is 3.48. The van der Waals surface area contributed by atoms with Gasteiger partial charge in [0.05, 0.1) is 17.0 Å². The molecule has 0 aliphatic heterocycles. The van der Waals surface area contributed by atoms with Gasteiger partial charge in [-0.15, -0.1) is 0 Å². The molecule has 0 spiro atoms. The van der Waals surface area contributed by atoms with Gasteiger partial charge in [0, 0.05) is 19.7 Å². The van der Waals surface area contributed by atoms with Crippen LogP contribution in [0.15, 0.2) is 0 Å². The first-order valence-electron chi connectivity index (χ1n) is 6.63. The third-order valence-corrected chi connectivity index (χ3v) is 4.20. The van der Waals surface area contributed by atoms with Crippen molar-refractivity contribution in [3.63, 3.8) is 0 Å². The summed E-state index contributed by atoms with van der Waals surface area (Å²) in [7, 11) is 1.65. The zero-order valence-electron chi connectivity index (χ0n) is 11.6. The van der Waals surface area contributed by atoms with Crippen LogP contribution in [0.4, 0.5) is 0 Å². The molecule has 1 rings (SSSR count). The Labute approximate surface area is 115 Å². The van der Waals surface area contributed by atoms with Crippen LogP contribution in [0, 0.1) is 5.41 Å². The fraction of sp³-hybridized carbons (Fsp3) is 0.846. The van der Waals surface area contributed by atoms with E-state index in [-0.39, 0.29) is 11.9 Å². The summed E-state index contributed by atoms with van der Waals surface area (Å²) in [5, 5.41) is 0. The molecular weight excluding hydrogens is 248 g/mol. The average molecular weight is 272 g/mol. The number of thiocarbonyl (C=S) groups is 1. The molecule has 0 aromatic rings. The third kappa shape index (κ3) is 3.01. The van der Waals surface area contributed by atoms with Gasteiger partial charge in [-0.3, -0.25) is 4.79 Å². The van der Waals surface area contributed by atoms with Gasteiger partial charge in [-0.05, 0) is 25.7 Å². The van der Waals surface area contributed by atoms with Crippen LogP contribution in [0.5, 0.6) is 0 Å². The highest BCUT2D eigenvalue weighted by atomic mass is 32.1. The fourth-order valence-electron chi connectivity index (χ4n) is 2.33. The van der Waals surface area contributed by atoms with E-state index in [1.54, 1.807) is 7.11 Å². The van der Waals surface area contributed by atoms with Crippen molar-refractivity contribution in [1.29, 1.82) is 0 Å². The molecule has 0 radical (unpaired) electrons. The molecule has 4 nitrogen and oxygen atoms in total. The molecule has 18 heavy (non-hydrogen) atoms. The Morgan fingerprint density at radius 2 is 2.00 bits per heavy atom. The highest BCUT2D eigenvalue weighted by Crippen LogP contribution is 2.48. The van der Waals surface area contributed by atoms with Crippen LogP contribution in [-0.2, 0) is 9.53 Å². The molecule has 0 aromatic heterocycles. The van der Waals surface area contributed by atoms with Crippen LogP contribution in [0.2, 0.25) is 0 Å². The minimum absolute atomic E-state index is 0.0979. The molecule has 5 heteroatoms. The van der Waals surface area contributed by atoms with Crippen molar-refractivity contribution < 1.29 is 9.53 Å².